The van der Waals surface area contributed by atoms with Gasteiger partial charge in [-0.25, -0.2) is 4.98 Å². The first kappa shape index (κ1) is 12.2. The summed E-state index contributed by atoms with van der Waals surface area (Å²) in [6.45, 7) is 4.68. The molecule has 1 aromatic heterocycles. The monoisotopic (exact) mass is 265 g/mol. The molecule has 3 nitrogen and oxygen atoms in total. The predicted molar refractivity (Wildman–Crippen MR) is 75.2 cm³/mol. The first-order chi connectivity index (χ1) is 8.86. The van der Waals surface area contributed by atoms with Crippen LogP contribution in [0.2, 0.25) is 0 Å². The molecule has 0 aromatic carbocycles. The Morgan fingerprint density at radius 3 is 3.06 bits per heavy atom. The van der Waals surface area contributed by atoms with Crippen molar-refractivity contribution in [1.82, 2.24) is 9.88 Å². The Balaban J connectivity index is 1.72. The summed E-state index contributed by atoms with van der Waals surface area (Å²) < 4.78 is 0. The Hall–Kier alpha value is -0.800. The Morgan fingerprint density at radius 2 is 2.17 bits per heavy atom. The number of halogens is 1. The maximum atomic E-state index is 5.86. The molecule has 1 atom stereocenters. The van der Waals surface area contributed by atoms with E-state index in [-0.39, 0.29) is 0 Å². The third-order valence-electron chi connectivity index (χ3n) is 4.09. The minimum Gasteiger partial charge on any atom is -0.354 e. The average Bonchev–Trinajstić information content (AvgIpc) is 2.47. The summed E-state index contributed by atoms with van der Waals surface area (Å²) in [5.74, 6) is 1.59. The second-order valence-corrected chi connectivity index (χ2v) is 5.52. The van der Waals surface area contributed by atoms with Crippen molar-refractivity contribution in [3.63, 3.8) is 0 Å². The Kier molecular flexibility index (Phi) is 3.71. The largest absolute Gasteiger partial charge is 0.354 e. The van der Waals surface area contributed by atoms with Gasteiger partial charge < -0.3 is 4.90 Å². The quantitative estimate of drug-likeness (QED) is 0.766. The van der Waals surface area contributed by atoms with E-state index in [1.165, 1.54) is 32.4 Å². The Labute approximate surface area is 114 Å². The predicted octanol–water partition coefficient (Wildman–Crippen LogP) is 2.49. The zero-order valence-corrected chi connectivity index (χ0v) is 11.4. The summed E-state index contributed by atoms with van der Waals surface area (Å²) in [6.07, 6.45) is 4.09. The molecule has 0 spiro atoms. The van der Waals surface area contributed by atoms with Crippen LogP contribution in [0.5, 0.6) is 0 Å². The smallest absolute Gasteiger partial charge is 0.128 e. The minimum atomic E-state index is 0.497. The number of anilines is 1. The number of fused-ring (bicyclic) bond motifs is 1. The van der Waals surface area contributed by atoms with E-state index < -0.39 is 0 Å². The molecular weight excluding hydrogens is 246 g/mol. The fourth-order valence-electron chi connectivity index (χ4n) is 3.08. The molecule has 18 heavy (non-hydrogen) atoms. The SMILES string of the molecule is ClCc1cccc(N2CCN3CCCCC3C2)n1. The number of alkyl halides is 1. The lowest BCUT2D eigenvalue weighted by molar-refractivity contribution is 0.133. The molecule has 1 aromatic rings. The number of hydrogen-bond donors (Lipinski definition) is 0. The van der Waals surface area contributed by atoms with Crippen molar-refractivity contribution in [2.45, 2.75) is 31.2 Å². The van der Waals surface area contributed by atoms with Crippen LogP contribution in [-0.2, 0) is 5.88 Å². The van der Waals surface area contributed by atoms with Gasteiger partial charge in [-0.15, -0.1) is 11.6 Å². The highest BCUT2D eigenvalue weighted by atomic mass is 35.5. The molecule has 98 valence electrons. The molecule has 1 unspecified atom stereocenters. The zero-order chi connectivity index (χ0) is 12.4. The molecule has 3 rings (SSSR count). The van der Waals surface area contributed by atoms with Gasteiger partial charge in [0, 0.05) is 25.7 Å². The summed E-state index contributed by atoms with van der Waals surface area (Å²) in [4.78, 5) is 9.69. The van der Waals surface area contributed by atoms with E-state index in [4.69, 9.17) is 11.6 Å². The molecular formula is C14H20ClN3. The number of hydrogen-bond acceptors (Lipinski definition) is 3. The fourth-order valence-corrected chi connectivity index (χ4v) is 3.23. The molecule has 0 aliphatic carbocycles. The molecule has 0 amide bonds. The number of nitrogens with zero attached hydrogens (tertiary/aromatic N) is 3. The van der Waals surface area contributed by atoms with Gasteiger partial charge in [0.1, 0.15) is 5.82 Å². The molecule has 0 radical (unpaired) electrons. The third kappa shape index (κ3) is 2.47. The van der Waals surface area contributed by atoms with Crippen molar-refractivity contribution in [1.29, 1.82) is 0 Å². The molecule has 3 heterocycles. The van der Waals surface area contributed by atoms with E-state index in [2.05, 4.69) is 26.9 Å². The molecule has 2 saturated heterocycles. The highest BCUT2D eigenvalue weighted by Crippen LogP contribution is 2.24. The van der Waals surface area contributed by atoms with Gasteiger partial charge in [0.2, 0.25) is 0 Å². The van der Waals surface area contributed by atoms with E-state index in [9.17, 15) is 0 Å². The highest BCUT2D eigenvalue weighted by Gasteiger charge is 2.29. The van der Waals surface area contributed by atoms with Crippen molar-refractivity contribution in [2.75, 3.05) is 31.1 Å². The van der Waals surface area contributed by atoms with Gasteiger partial charge in [0.25, 0.3) is 0 Å². The summed E-state index contributed by atoms with van der Waals surface area (Å²) in [5.41, 5.74) is 0.972. The summed E-state index contributed by atoms with van der Waals surface area (Å²) in [6, 6.07) is 6.89. The van der Waals surface area contributed by atoms with Crippen molar-refractivity contribution >= 4 is 17.4 Å². The maximum Gasteiger partial charge on any atom is 0.128 e. The van der Waals surface area contributed by atoms with Crippen LogP contribution in [0.1, 0.15) is 25.0 Å². The van der Waals surface area contributed by atoms with Gasteiger partial charge in [-0.3, -0.25) is 4.90 Å². The van der Waals surface area contributed by atoms with Crippen molar-refractivity contribution in [3.05, 3.63) is 23.9 Å². The second kappa shape index (κ2) is 5.45. The molecule has 0 N–H and O–H groups in total. The van der Waals surface area contributed by atoms with Crippen LogP contribution in [0.4, 0.5) is 5.82 Å². The average molecular weight is 266 g/mol. The summed E-state index contributed by atoms with van der Waals surface area (Å²) in [7, 11) is 0. The van der Waals surface area contributed by atoms with E-state index in [1.807, 2.05) is 6.07 Å². The van der Waals surface area contributed by atoms with Crippen molar-refractivity contribution < 1.29 is 0 Å². The lowest BCUT2D eigenvalue weighted by Crippen LogP contribution is -2.55. The first-order valence-corrected chi connectivity index (χ1v) is 7.41. The van der Waals surface area contributed by atoms with Crippen LogP contribution in [-0.4, -0.2) is 42.1 Å². The number of piperazine rings is 1. The van der Waals surface area contributed by atoms with E-state index in [0.717, 1.165) is 30.6 Å². The standard InChI is InChI=1S/C14H20ClN3/c15-10-12-4-3-6-14(16-12)18-9-8-17-7-2-1-5-13(17)11-18/h3-4,6,13H,1-2,5,7-11H2. The molecule has 2 aliphatic rings. The van der Waals surface area contributed by atoms with Gasteiger partial charge in [-0.1, -0.05) is 12.5 Å². The molecule has 2 fully saturated rings. The zero-order valence-electron chi connectivity index (χ0n) is 10.7. The number of aromatic nitrogens is 1. The minimum absolute atomic E-state index is 0.497. The number of rotatable bonds is 2. The van der Waals surface area contributed by atoms with Crippen LogP contribution in [0, 0.1) is 0 Å². The molecule has 2 aliphatic heterocycles. The van der Waals surface area contributed by atoms with Crippen LogP contribution < -0.4 is 4.90 Å². The molecule has 0 saturated carbocycles. The summed E-state index contributed by atoms with van der Waals surface area (Å²) in [5, 5.41) is 0. The summed E-state index contributed by atoms with van der Waals surface area (Å²) >= 11 is 5.86. The van der Waals surface area contributed by atoms with Gasteiger partial charge in [-0.2, -0.15) is 0 Å². The van der Waals surface area contributed by atoms with Crippen LogP contribution in [0.25, 0.3) is 0 Å². The number of pyridine rings is 1. The van der Waals surface area contributed by atoms with Gasteiger partial charge in [0.05, 0.1) is 11.6 Å². The third-order valence-corrected chi connectivity index (χ3v) is 4.36. The number of piperidine rings is 1. The first-order valence-electron chi connectivity index (χ1n) is 6.88. The fraction of sp³-hybridized carbons (Fsp3) is 0.643. The van der Waals surface area contributed by atoms with Crippen LogP contribution >= 0.6 is 11.6 Å². The second-order valence-electron chi connectivity index (χ2n) is 5.25. The van der Waals surface area contributed by atoms with Crippen LogP contribution in [0.15, 0.2) is 18.2 Å². The van der Waals surface area contributed by atoms with Gasteiger partial charge in [-0.05, 0) is 31.5 Å². The maximum absolute atomic E-state index is 5.86. The molecule has 0 bridgehead atoms. The van der Waals surface area contributed by atoms with E-state index >= 15 is 0 Å². The lowest BCUT2D eigenvalue weighted by atomic mass is 9.99. The Bertz CT molecular complexity index is 410. The highest BCUT2D eigenvalue weighted by molar-refractivity contribution is 6.16. The van der Waals surface area contributed by atoms with E-state index in [0.29, 0.717) is 5.88 Å². The van der Waals surface area contributed by atoms with Gasteiger partial charge in [0.15, 0.2) is 0 Å². The van der Waals surface area contributed by atoms with Gasteiger partial charge >= 0.3 is 0 Å². The molecule has 4 heteroatoms. The van der Waals surface area contributed by atoms with Crippen molar-refractivity contribution in [2.24, 2.45) is 0 Å². The van der Waals surface area contributed by atoms with Crippen molar-refractivity contribution in [3.8, 4) is 0 Å². The van der Waals surface area contributed by atoms with Crippen LogP contribution in [0.3, 0.4) is 0 Å². The normalized spacial score (nSPS) is 24.9. The lowest BCUT2D eigenvalue weighted by Gasteiger charge is -2.44. The van der Waals surface area contributed by atoms with E-state index in [1.54, 1.807) is 0 Å². The Morgan fingerprint density at radius 1 is 1.22 bits per heavy atom. The topological polar surface area (TPSA) is 19.4 Å².